The van der Waals surface area contributed by atoms with Gasteiger partial charge in [0.2, 0.25) is 0 Å². The summed E-state index contributed by atoms with van der Waals surface area (Å²) in [7, 11) is -1.26. The topological polar surface area (TPSA) is 84.7 Å². The minimum absolute atomic E-state index is 0.305. The Morgan fingerprint density at radius 2 is 2.05 bits per heavy atom. The van der Waals surface area contributed by atoms with Crippen molar-refractivity contribution in [1.82, 2.24) is 15.0 Å². The van der Waals surface area contributed by atoms with E-state index in [1.165, 1.54) is 0 Å². The average Bonchev–Trinajstić information content (AvgIpc) is 2.85. The van der Waals surface area contributed by atoms with Gasteiger partial charge >= 0.3 is 0 Å². The normalized spacial score (nSPS) is 12.6. The van der Waals surface area contributed by atoms with Gasteiger partial charge < -0.3 is 10.7 Å². The number of anilines is 1. The number of fused-ring (bicyclic) bond motifs is 1. The largest absolute Gasteiger partial charge is 0.383 e. The van der Waals surface area contributed by atoms with Gasteiger partial charge in [-0.1, -0.05) is 18.2 Å². The zero-order valence-electron chi connectivity index (χ0n) is 10.0. The quantitative estimate of drug-likeness (QED) is 0.762. The summed E-state index contributed by atoms with van der Waals surface area (Å²) in [5.74, 6) is 0.714. The first-order valence-corrected chi connectivity index (χ1v) is 7.08. The van der Waals surface area contributed by atoms with Crippen LogP contribution in [0.25, 0.3) is 11.0 Å². The van der Waals surface area contributed by atoms with Crippen LogP contribution in [0, 0.1) is 0 Å². The van der Waals surface area contributed by atoms with Crippen molar-refractivity contribution in [3.05, 3.63) is 48.2 Å². The van der Waals surface area contributed by atoms with Crippen molar-refractivity contribution >= 4 is 27.7 Å². The molecule has 5 nitrogen and oxygen atoms in total. The van der Waals surface area contributed by atoms with Gasteiger partial charge in [-0.15, -0.1) is 0 Å². The lowest BCUT2D eigenvalue weighted by molar-refractivity contribution is 0.677. The summed E-state index contributed by atoms with van der Waals surface area (Å²) in [6.45, 7) is 0. The van der Waals surface area contributed by atoms with Gasteiger partial charge in [-0.05, 0) is 18.2 Å². The number of aromatic nitrogens is 3. The molecule has 0 amide bonds. The first-order chi connectivity index (χ1) is 9.24. The van der Waals surface area contributed by atoms with Gasteiger partial charge in [0, 0.05) is 11.8 Å². The van der Waals surface area contributed by atoms with Crippen LogP contribution in [0.1, 0.15) is 5.56 Å². The highest BCUT2D eigenvalue weighted by atomic mass is 32.2. The average molecular weight is 272 g/mol. The Morgan fingerprint density at radius 3 is 2.84 bits per heavy atom. The summed E-state index contributed by atoms with van der Waals surface area (Å²) in [5, 5.41) is 0.462. The van der Waals surface area contributed by atoms with Crippen LogP contribution in [0.5, 0.6) is 0 Å². The smallest absolute Gasteiger partial charge is 0.197 e. The molecule has 2 aromatic heterocycles. The fourth-order valence-corrected chi connectivity index (χ4v) is 2.91. The van der Waals surface area contributed by atoms with E-state index in [-0.39, 0.29) is 0 Å². The minimum atomic E-state index is -1.26. The highest BCUT2D eigenvalue weighted by Gasteiger charge is 2.12. The molecule has 3 rings (SSSR count). The molecule has 0 saturated carbocycles. The molecule has 0 aliphatic heterocycles. The lowest BCUT2D eigenvalue weighted by Gasteiger charge is -2.02. The number of aromatic amines is 1. The van der Waals surface area contributed by atoms with E-state index in [1.54, 1.807) is 12.3 Å². The number of nitrogen functional groups attached to an aromatic ring is 1. The molecule has 3 aromatic rings. The molecule has 3 N–H and O–H groups in total. The Morgan fingerprint density at radius 1 is 1.21 bits per heavy atom. The first kappa shape index (κ1) is 11.9. The predicted molar refractivity (Wildman–Crippen MR) is 74.9 cm³/mol. The number of nitrogens with one attached hydrogen (secondary N) is 1. The van der Waals surface area contributed by atoms with E-state index >= 15 is 0 Å². The van der Waals surface area contributed by atoms with E-state index in [9.17, 15) is 4.21 Å². The van der Waals surface area contributed by atoms with Gasteiger partial charge in [-0.2, -0.15) is 0 Å². The Kier molecular flexibility index (Phi) is 3.00. The van der Waals surface area contributed by atoms with Crippen LogP contribution in [0.2, 0.25) is 0 Å². The molecule has 0 aliphatic rings. The van der Waals surface area contributed by atoms with E-state index in [0.717, 1.165) is 16.6 Å². The molecular formula is C13H12N4OS. The molecule has 1 unspecified atom stereocenters. The summed E-state index contributed by atoms with van der Waals surface area (Å²) >= 11 is 0. The van der Waals surface area contributed by atoms with Crippen molar-refractivity contribution in [3.8, 4) is 0 Å². The monoisotopic (exact) mass is 272 g/mol. The number of benzene rings is 1. The Labute approximate surface area is 112 Å². The molecule has 0 spiro atoms. The molecule has 1 atom stereocenters. The van der Waals surface area contributed by atoms with Crippen LogP contribution in [0.15, 0.2) is 47.8 Å². The molecule has 0 aliphatic carbocycles. The van der Waals surface area contributed by atoms with Crippen LogP contribution >= 0.6 is 0 Å². The van der Waals surface area contributed by atoms with Crippen molar-refractivity contribution in [1.29, 1.82) is 0 Å². The number of H-pyrrole nitrogens is 1. The predicted octanol–water partition coefficient (Wildman–Crippen LogP) is 1.85. The molecule has 1 aromatic carbocycles. The van der Waals surface area contributed by atoms with Crippen molar-refractivity contribution in [2.24, 2.45) is 0 Å². The van der Waals surface area contributed by atoms with Crippen LogP contribution in [0.3, 0.4) is 0 Å². The van der Waals surface area contributed by atoms with Crippen LogP contribution in [-0.2, 0) is 16.6 Å². The third-order valence-electron chi connectivity index (χ3n) is 2.80. The number of para-hydroxylation sites is 2. The van der Waals surface area contributed by atoms with Gasteiger partial charge in [0.15, 0.2) is 5.16 Å². The number of nitrogens with zero attached hydrogens (tertiary/aromatic N) is 2. The highest BCUT2D eigenvalue weighted by Crippen LogP contribution is 2.17. The maximum absolute atomic E-state index is 12.3. The fourth-order valence-electron chi connectivity index (χ4n) is 1.82. The Hall–Kier alpha value is -2.21. The molecular weight excluding hydrogens is 260 g/mol. The van der Waals surface area contributed by atoms with Crippen molar-refractivity contribution in [3.63, 3.8) is 0 Å². The number of nitrogens with two attached hydrogens (primary N) is 1. The van der Waals surface area contributed by atoms with E-state index < -0.39 is 10.8 Å². The molecule has 0 saturated heterocycles. The Balaban J connectivity index is 1.90. The summed E-state index contributed by atoms with van der Waals surface area (Å²) in [5.41, 5.74) is 8.20. The molecule has 0 radical (unpaired) electrons. The minimum Gasteiger partial charge on any atom is -0.383 e. The first-order valence-electron chi connectivity index (χ1n) is 5.76. The Bertz CT molecular complexity index is 720. The van der Waals surface area contributed by atoms with Crippen LogP contribution < -0.4 is 5.73 Å². The van der Waals surface area contributed by atoms with Crippen molar-refractivity contribution < 1.29 is 4.21 Å². The number of pyridine rings is 1. The summed E-state index contributed by atoms with van der Waals surface area (Å²) in [6, 6.07) is 11.2. The van der Waals surface area contributed by atoms with Crippen LogP contribution in [0.4, 0.5) is 5.82 Å². The third-order valence-corrected chi connectivity index (χ3v) is 3.99. The van der Waals surface area contributed by atoms with Gasteiger partial charge in [0.1, 0.15) is 5.82 Å². The molecule has 96 valence electrons. The molecule has 2 heterocycles. The van der Waals surface area contributed by atoms with Crippen LogP contribution in [-0.4, -0.2) is 19.2 Å². The van der Waals surface area contributed by atoms with Crippen molar-refractivity contribution in [2.75, 3.05) is 5.73 Å². The highest BCUT2D eigenvalue weighted by molar-refractivity contribution is 7.84. The molecule has 19 heavy (non-hydrogen) atoms. The van der Waals surface area contributed by atoms with E-state index in [1.807, 2.05) is 30.3 Å². The second-order valence-corrected chi connectivity index (χ2v) is 5.46. The number of imidazole rings is 1. The van der Waals surface area contributed by atoms with Gasteiger partial charge in [-0.25, -0.2) is 9.97 Å². The fraction of sp³-hybridized carbons (Fsp3) is 0.0769. The van der Waals surface area contributed by atoms with E-state index in [4.69, 9.17) is 5.73 Å². The summed E-state index contributed by atoms with van der Waals surface area (Å²) in [4.78, 5) is 11.4. The lowest BCUT2D eigenvalue weighted by atomic mass is 10.3. The second kappa shape index (κ2) is 4.81. The zero-order chi connectivity index (χ0) is 13.2. The molecule has 6 heteroatoms. The zero-order valence-corrected chi connectivity index (χ0v) is 10.9. The summed E-state index contributed by atoms with van der Waals surface area (Å²) in [6.07, 6.45) is 1.61. The van der Waals surface area contributed by atoms with Crippen molar-refractivity contribution in [2.45, 2.75) is 10.9 Å². The second-order valence-electron chi connectivity index (χ2n) is 4.10. The number of hydrogen-bond acceptors (Lipinski definition) is 4. The molecule has 0 fully saturated rings. The van der Waals surface area contributed by atoms with E-state index in [2.05, 4.69) is 15.0 Å². The maximum atomic E-state index is 12.3. The lowest BCUT2D eigenvalue weighted by Crippen LogP contribution is -2.03. The van der Waals surface area contributed by atoms with Gasteiger partial charge in [0.05, 0.1) is 27.6 Å². The third kappa shape index (κ3) is 2.34. The maximum Gasteiger partial charge on any atom is 0.197 e. The number of hydrogen-bond donors (Lipinski definition) is 2. The van der Waals surface area contributed by atoms with E-state index in [0.29, 0.717) is 16.7 Å². The molecule has 0 bridgehead atoms. The number of rotatable bonds is 3. The van der Waals surface area contributed by atoms with Gasteiger partial charge in [-0.3, -0.25) is 4.21 Å². The standard InChI is InChI=1S/C13H12N4OS/c14-12-9(4-3-7-15-12)8-19(18)13-16-10-5-1-2-6-11(10)17-13/h1-7H,8H2,(H2,14,15)(H,16,17). The van der Waals surface area contributed by atoms with Gasteiger partial charge in [0.25, 0.3) is 0 Å². The summed E-state index contributed by atoms with van der Waals surface area (Å²) < 4.78 is 12.3. The SMILES string of the molecule is Nc1ncccc1CS(=O)c1nc2ccccc2[nH]1.